The van der Waals surface area contributed by atoms with Crippen molar-refractivity contribution in [1.29, 1.82) is 0 Å². The summed E-state index contributed by atoms with van der Waals surface area (Å²) in [7, 11) is 0. The number of urea groups is 1. The van der Waals surface area contributed by atoms with Crippen LogP contribution in [0.3, 0.4) is 0 Å². The number of anilines is 1. The number of hydrogen-bond donors (Lipinski definition) is 1. The van der Waals surface area contributed by atoms with Gasteiger partial charge in [0.25, 0.3) is 0 Å². The molecule has 4 aromatic rings. The molecule has 3 amide bonds. The number of rotatable bonds is 8. The molecule has 0 unspecified atom stereocenters. The molecule has 0 bridgehead atoms. The molecule has 234 valence electrons. The maximum atomic E-state index is 12.9. The zero-order valence-electron chi connectivity index (χ0n) is 25.0. The lowest BCUT2D eigenvalue weighted by atomic mass is 9.99. The van der Waals surface area contributed by atoms with E-state index in [1.165, 1.54) is 47.0 Å². The van der Waals surface area contributed by atoms with E-state index in [1.807, 2.05) is 56.3 Å². The summed E-state index contributed by atoms with van der Waals surface area (Å²) in [6.07, 6.45) is -2.75. The number of aromatic nitrogens is 3. The van der Waals surface area contributed by atoms with E-state index >= 15 is 0 Å². The molecule has 1 aromatic heterocycles. The average molecular weight is 637 g/mol. The van der Waals surface area contributed by atoms with Crippen LogP contribution in [0, 0.1) is 6.92 Å². The van der Waals surface area contributed by atoms with Gasteiger partial charge in [-0.15, -0.1) is 18.3 Å². The predicted molar refractivity (Wildman–Crippen MR) is 168 cm³/mol. The Labute approximate surface area is 262 Å². The first-order valence-corrected chi connectivity index (χ1v) is 15.2. The molecule has 1 saturated heterocycles. The van der Waals surface area contributed by atoms with Crippen molar-refractivity contribution in [2.24, 2.45) is 4.99 Å². The molecule has 0 aliphatic carbocycles. The summed E-state index contributed by atoms with van der Waals surface area (Å²) in [4.78, 5) is 35.8. The van der Waals surface area contributed by atoms with E-state index in [-0.39, 0.29) is 29.4 Å². The van der Waals surface area contributed by atoms with E-state index < -0.39 is 12.4 Å². The van der Waals surface area contributed by atoms with E-state index in [0.717, 1.165) is 27.9 Å². The van der Waals surface area contributed by atoms with Gasteiger partial charge >= 0.3 is 12.4 Å². The third kappa shape index (κ3) is 7.90. The van der Waals surface area contributed by atoms with Gasteiger partial charge in [0.2, 0.25) is 5.91 Å². The van der Waals surface area contributed by atoms with Crippen LogP contribution in [0.5, 0.6) is 5.75 Å². The molecule has 0 radical (unpaired) electrons. The number of ether oxygens (including phenoxy) is 1. The van der Waals surface area contributed by atoms with E-state index in [1.54, 1.807) is 4.90 Å². The highest BCUT2D eigenvalue weighted by atomic mass is 32.2. The first-order chi connectivity index (χ1) is 21.4. The SMILES string of the molecule is Cc1ccc(C(C)C)c(N2C(=O)CS/C2=N\C(=O)N[C@@H](C)Cc2ccc(-c3ncn(-c4ccc(OC(F)(F)F)cc4)n3)cc2)c1. The molecule has 3 aromatic carbocycles. The van der Waals surface area contributed by atoms with Gasteiger partial charge in [-0.3, -0.25) is 9.69 Å². The number of alkyl halides is 3. The highest BCUT2D eigenvalue weighted by Gasteiger charge is 2.33. The highest BCUT2D eigenvalue weighted by Crippen LogP contribution is 2.34. The molecule has 45 heavy (non-hydrogen) atoms. The summed E-state index contributed by atoms with van der Waals surface area (Å²) < 4.78 is 42.6. The standard InChI is InChI=1S/C32H31F3N6O3S/c1-19(2)26-14-5-20(3)15-27(26)41-28(42)17-45-31(41)38-30(43)37-21(4)16-22-6-8-23(9-7-22)29-36-18-40(39-29)24-10-12-25(13-11-24)44-32(33,34)35/h5-15,18-19,21H,16-17H2,1-4H3,(H,37,43)/b38-31-/t21-/m0/s1. The van der Waals surface area contributed by atoms with Crippen LogP contribution in [0.25, 0.3) is 17.1 Å². The summed E-state index contributed by atoms with van der Waals surface area (Å²) in [5.41, 5.74) is 5.02. The van der Waals surface area contributed by atoms with Crippen molar-refractivity contribution < 1.29 is 27.5 Å². The Kier molecular flexibility index (Phi) is 9.28. The summed E-state index contributed by atoms with van der Waals surface area (Å²) in [5, 5.41) is 7.69. The molecule has 1 atom stereocenters. The summed E-state index contributed by atoms with van der Waals surface area (Å²) in [5.74, 6) is 0.415. The van der Waals surface area contributed by atoms with Gasteiger partial charge in [-0.25, -0.2) is 14.5 Å². The van der Waals surface area contributed by atoms with Crippen LogP contribution < -0.4 is 15.0 Å². The van der Waals surface area contributed by atoms with Crippen LogP contribution in [0.1, 0.15) is 43.4 Å². The molecule has 0 saturated carbocycles. The fourth-order valence-corrected chi connectivity index (χ4v) is 5.72. The molecule has 9 nitrogen and oxygen atoms in total. The second kappa shape index (κ2) is 13.1. The number of carbonyl (C=O) groups excluding carboxylic acids is 2. The van der Waals surface area contributed by atoms with E-state index in [2.05, 4.69) is 39.0 Å². The van der Waals surface area contributed by atoms with Gasteiger partial charge in [-0.05, 0) is 73.2 Å². The molecule has 5 rings (SSSR count). The third-order valence-electron chi connectivity index (χ3n) is 6.96. The zero-order valence-corrected chi connectivity index (χ0v) is 25.8. The lowest BCUT2D eigenvalue weighted by Crippen LogP contribution is -2.35. The number of aliphatic imine (C=N–C) groups is 1. The summed E-state index contributed by atoms with van der Waals surface area (Å²) in [6.45, 7) is 7.96. The number of amides is 3. The molecule has 13 heteroatoms. The van der Waals surface area contributed by atoms with Crippen LogP contribution in [0.2, 0.25) is 0 Å². The molecule has 1 aliphatic heterocycles. The Morgan fingerprint density at radius 3 is 2.44 bits per heavy atom. The Hall–Kier alpha value is -4.65. The third-order valence-corrected chi connectivity index (χ3v) is 7.89. The lowest BCUT2D eigenvalue weighted by Gasteiger charge is -2.22. The minimum Gasteiger partial charge on any atom is -0.406 e. The Balaban J connectivity index is 1.20. The summed E-state index contributed by atoms with van der Waals surface area (Å²) >= 11 is 1.25. The first-order valence-electron chi connectivity index (χ1n) is 14.2. The minimum atomic E-state index is -4.76. The number of aryl methyl sites for hydroxylation is 1. The monoisotopic (exact) mass is 636 g/mol. The number of thioether (sulfide) groups is 1. The van der Waals surface area contributed by atoms with Crippen molar-refractivity contribution in [1.82, 2.24) is 20.1 Å². The lowest BCUT2D eigenvalue weighted by molar-refractivity contribution is -0.274. The second-order valence-electron chi connectivity index (χ2n) is 10.9. The number of nitrogens with one attached hydrogen (secondary N) is 1. The largest absolute Gasteiger partial charge is 0.573 e. The van der Waals surface area contributed by atoms with Crippen LogP contribution in [0.15, 0.2) is 78.0 Å². The van der Waals surface area contributed by atoms with Crippen molar-refractivity contribution in [3.8, 4) is 22.8 Å². The van der Waals surface area contributed by atoms with Gasteiger partial charge in [0.1, 0.15) is 12.1 Å². The highest BCUT2D eigenvalue weighted by molar-refractivity contribution is 8.15. The number of amidine groups is 1. The van der Waals surface area contributed by atoms with Gasteiger partial charge in [-0.1, -0.05) is 62.0 Å². The Bertz CT molecular complexity index is 1720. The Morgan fingerprint density at radius 1 is 1.07 bits per heavy atom. The molecule has 1 fully saturated rings. The van der Waals surface area contributed by atoms with Crippen molar-refractivity contribution in [3.05, 3.63) is 89.7 Å². The van der Waals surface area contributed by atoms with Gasteiger partial charge in [0, 0.05) is 11.6 Å². The molecular weight excluding hydrogens is 605 g/mol. The van der Waals surface area contributed by atoms with Gasteiger partial charge in [0.15, 0.2) is 11.0 Å². The minimum absolute atomic E-state index is 0.111. The van der Waals surface area contributed by atoms with Gasteiger partial charge in [0.05, 0.1) is 17.1 Å². The number of hydrogen-bond acceptors (Lipinski definition) is 6. The number of nitrogens with zero attached hydrogens (tertiary/aromatic N) is 5. The van der Waals surface area contributed by atoms with Crippen LogP contribution in [-0.4, -0.2) is 50.0 Å². The fraction of sp³-hybridized carbons (Fsp3) is 0.281. The number of carbonyl (C=O) groups is 2. The Morgan fingerprint density at radius 2 is 1.78 bits per heavy atom. The first kappa shape index (κ1) is 31.8. The van der Waals surface area contributed by atoms with Crippen molar-refractivity contribution in [3.63, 3.8) is 0 Å². The molecular formula is C32H31F3N6O3S. The average Bonchev–Trinajstić information content (AvgIpc) is 3.60. The number of benzene rings is 3. The van der Waals surface area contributed by atoms with Gasteiger partial charge < -0.3 is 10.1 Å². The second-order valence-corrected chi connectivity index (χ2v) is 11.9. The zero-order chi connectivity index (χ0) is 32.3. The topological polar surface area (TPSA) is 102 Å². The summed E-state index contributed by atoms with van der Waals surface area (Å²) in [6, 6.07) is 18.1. The predicted octanol–water partition coefficient (Wildman–Crippen LogP) is 7.04. The van der Waals surface area contributed by atoms with Gasteiger partial charge in [-0.2, -0.15) is 4.99 Å². The normalized spacial score (nSPS) is 15.2. The van der Waals surface area contributed by atoms with E-state index in [0.29, 0.717) is 23.1 Å². The molecule has 2 heterocycles. The quantitative estimate of drug-likeness (QED) is 0.223. The maximum Gasteiger partial charge on any atom is 0.573 e. The fourth-order valence-electron chi connectivity index (χ4n) is 4.86. The number of halogens is 3. The maximum absolute atomic E-state index is 12.9. The molecule has 0 spiro atoms. The smallest absolute Gasteiger partial charge is 0.406 e. The van der Waals surface area contributed by atoms with Crippen molar-refractivity contribution >= 4 is 34.6 Å². The molecule has 1 aliphatic rings. The van der Waals surface area contributed by atoms with Crippen molar-refractivity contribution in [2.45, 2.75) is 52.4 Å². The van der Waals surface area contributed by atoms with E-state index in [9.17, 15) is 22.8 Å². The van der Waals surface area contributed by atoms with Crippen LogP contribution in [0.4, 0.5) is 23.7 Å². The van der Waals surface area contributed by atoms with Crippen molar-refractivity contribution in [2.75, 3.05) is 10.7 Å². The molecule has 1 N–H and O–H groups in total. The van der Waals surface area contributed by atoms with E-state index in [4.69, 9.17) is 0 Å². The van der Waals surface area contributed by atoms with Crippen LogP contribution >= 0.6 is 11.8 Å². The van der Waals surface area contributed by atoms with Crippen LogP contribution in [-0.2, 0) is 11.2 Å².